The Morgan fingerprint density at radius 3 is 1.31 bits per heavy atom. The molecule has 4 aromatic heterocycles. The highest BCUT2D eigenvalue weighted by Crippen LogP contribution is 2.42. The number of benzene rings is 4. The van der Waals surface area contributed by atoms with Gasteiger partial charge in [-0.1, -0.05) is 60.7 Å². The van der Waals surface area contributed by atoms with Gasteiger partial charge in [-0.25, -0.2) is 9.97 Å². The van der Waals surface area contributed by atoms with E-state index >= 15 is 0 Å². The normalized spacial score (nSPS) is 13.9. The molecule has 6 heterocycles. The van der Waals surface area contributed by atoms with Gasteiger partial charge in [0.15, 0.2) is 0 Å². The maximum Gasteiger partial charge on any atom is 0.280 e. The number of fused-ring (bicyclic) bond motifs is 10. The van der Waals surface area contributed by atoms with Crippen LogP contribution in [0, 0.1) is 0 Å². The molecule has 2 aliphatic rings. The van der Waals surface area contributed by atoms with Gasteiger partial charge in [0, 0.05) is 83.0 Å². The molecule has 0 unspecified atom stereocenters. The molecule has 310 valence electrons. The van der Waals surface area contributed by atoms with Gasteiger partial charge in [0.25, 0.3) is 23.6 Å². The molecular formula is C48H42N8O6. The molecule has 14 nitrogen and oxygen atoms in total. The summed E-state index contributed by atoms with van der Waals surface area (Å²) in [4.78, 5) is 79.5. The van der Waals surface area contributed by atoms with E-state index in [2.05, 4.69) is 9.97 Å². The zero-order valence-corrected chi connectivity index (χ0v) is 34.6. The van der Waals surface area contributed by atoms with Crippen molar-refractivity contribution in [3.05, 3.63) is 120 Å². The van der Waals surface area contributed by atoms with Crippen LogP contribution in [0.25, 0.3) is 66.1 Å². The second-order valence-corrected chi connectivity index (χ2v) is 15.8. The van der Waals surface area contributed by atoms with Crippen LogP contribution in [-0.4, -0.2) is 131 Å². The Labute approximate surface area is 355 Å². The van der Waals surface area contributed by atoms with E-state index in [0.29, 0.717) is 70.9 Å². The number of likely N-dealkylation sites (N-methyl/N-ethyl adjacent to an activating group) is 2. The molecule has 0 aliphatic carbocycles. The molecule has 62 heavy (non-hydrogen) atoms. The summed E-state index contributed by atoms with van der Waals surface area (Å²) in [5.41, 5.74) is 6.67. The first-order valence-corrected chi connectivity index (χ1v) is 20.4. The number of carbonyl (C=O) groups excluding carboxylic acids is 4. The largest absolute Gasteiger partial charge is 0.497 e. The lowest BCUT2D eigenvalue weighted by Gasteiger charge is -2.24. The number of rotatable bonds is 13. The number of carbonyl (C=O) groups is 4. The van der Waals surface area contributed by atoms with E-state index in [0.717, 1.165) is 32.9 Å². The first-order chi connectivity index (χ1) is 30.1. The zero-order valence-electron chi connectivity index (χ0n) is 34.6. The Balaban J connectivity index is 0.829. The van der Waals surface area contributed by atoms with Crippen molar-refractivity contribution in [1.82, 2.24) is 39.5 Å². The van der Waals surface area contributed by atoms with Gasteiger partial charge in [0.1, 0.15) is 22.9 Å². The number of hydrogen-bond donors (Lipinski definition) is 2. The topological polar surface area (TPSA) is 157 Å². The number of amides is 4. The third-order valence-corrected chi connectivity index (χ3v) is 12.1. The van der Waals surface area contributed by atoms with Crippen molar-refractivity contribution in [3.63, 3.8) is 0 Å². The lowest BCUT2D eigenvalue weighted by atomic mass is 10.0. The van der Waals surface area contributed by atoms with Crippen LogP contribution in [-0.2, 0) is 0 Å². The highest BCUT2D eigenvalue weighted by atomic mass is 16.5. The maximum absolute atomic E-state index is 14.2. The van der Waals surface area contributed by atoms with E-state index in [1.807, 2.05) is 121 Å². The first-order valence-electron chi connectivity index (χ1n) is 20.4. The third kappa shape index (κ3) is 6.25. The Morgan fingerprint density at radius 2 is 0.919 bits per heavy atom. The van der Waals surface area contributed by atoms with E-state index in [4.69, 9.17) is 19.4 Å². The molecule has 2 aliphatic heterocycles. The van der Waals surface area contributed by atoms with Gasteiger partial charge in [0.05, 0.1) is 47.8 Å². The Hall–Kier alpha value is -7.42. The molecule has 0 saturated carbocycles. The molecule has 14 heteroatoms. The molecule has 4 aromatic carbocycles. The van der Waals surface area contributed by atoms with Crippen molar-refractivity contribution in [3.8, 4) is 34.0 Å². The predicted octanol–water partition coefficient (Wildman–Crippen LogP) is 6.85. The Kier molecular flexibility index (Phi) is 9.53. The van der Waals surface area contributed by atoms with Gasteiger partial charge < -0.3 is 29.2 Å². The molecule has 8 aromatic rings. The molecule has 4 amide bonds. The maximum atomic E-state index is 14.2. The lowest BCUT2D eigenvalue weighted by molar-refractivity contribution is 0.0615. The van der Waals surface area contributed by atoms with Crippen LogP contribution in [0.4, 0.5) is 0 Å². The minimum absolute atomic E-state index is 0.136. The summed E-state index contributed by atoms with van der Waals surface area (Å²) < 4.78 is 11.0. The lowest BCUT2D eigenvalue weighted by Crippen LogP contribution is -2.41. The highest BCUT2D eigenvalue weighted by Gasteiger charge is 2.42. The number of hydrogen-bond acceptors (Lipinski definition) is 10. The van der Waals surface area contributed by atoms with Crippen LogP contribution >= 0.6 is 0 Å². The van der Waals surface area contributed by atoms with E-state index in [1.165, 1.54) is 9.80 Å². The summed E-state index contributed by atoms with van der Waals surface area (Å²) in [5.74, 6) is -0.350. The third-order valence-electron chi connectivity index (χ3n) is 12.1. The van der Waals surface area contributed by atoms with Crippen LogP contribution in [0.2, 0.25) is 0 Å². The van der Waals surface area contributed by atoms with Gasteiger partial charge >= 0.3 is 0 Å². The molecule has 0 bridgehead atoms. The highest BCUT2D eigenvalue weighted by molar-refractivity contribution is 6.31. The van der Waals surface area contributed by atoms with Crippen molar-refractivity contribution < 1.29 is 28.7 Å². The van der Waals surface area contributed by atoms with E-state index in [1.54, 1.807) is 14.2 Å². The molecule has 0 fully saturated rings. The van der Waals surface area contributed by atoms with Crippen LogP contribution < -0.4 is 9.47 Å². The molecule has 0 saturated heterocycles. The van der Waals surface area contributed by atoms with Crippen molar-refractivity contribution >= 4 is 67.2 Å². The van der Waals surface area contributed by atoms with Gasteiger partial charge in [-0.2, -0.15) is 0 Å². The van der Waals surface area contributed by atoms with E-state index < -0.39 is 11.8 Å². The molecular weight excluding hydrogens is 785 g/mol. The van der Waals surface area contributed by atoms with Gasteiger partial charge in [0.2, 0.25) is 0 Å². The quantitative estimate of drug-likeness (QED) is 0.118. The number of imide groups is 2. The molecule has 2 N–H and O–H groups in total. The van der Waals surface area contributed by atoms with E-state index in [-0.39, 0.29) is 47.4 Å². The average Bonchev–Trinajstić information content (AvgIpc) is 4.01. The fourth-order valence-electron chi connectivity index (χ4n) is 8.71. The summed E-state index contributed by atoms with van der Waals surface area (Å²) in [5, 5.41) is 2.85. The fourth-order valence-corrected chi connectivity index (χ4v) is 8.71. The second kappa shape index (κ2) is 15.2. The monoisotopic (exact) mass is 826 g/mol. The predicted molar refractivity (Wildman–Crippen MR) is 237 cm³/mol. The smallest absolute Gasteiger partial charge is 0.280 e. The minimum Gasteiger partial charge on any atom is -0.497 e. The summed E-state index contributed by atoms with van der Waals surface area (Å²) in [6.07, 6.45) is 0. The number of nitrogens with one attached hydrogen (secondary N) is 2. The molecule has 0 atom stereocenters. The molecule has 10 rings (SSSR count). The van der Waals surface area contributed by atoms with Crippen LogP contribution in [0.5, 0.6) is 11.5 Å². The van der Waals surface area contributed by atoms with Crippen molar-refractivity contribution in [2.45, 2.75) is 0 Å². The standard InChI is InChI=1S/C48H42N8O6/c1-53(21-23-55-45(57)37-35-31-25-29(61-3)15-17-33(31)49-41(35)39(51-43(37)47(55)59)27-11-7-5-8-12-27)19-20-54(2)22-24-56-46(58)38-36-32-26-30(62-4)16-18-34(32)50-42(36)40(52-44(38)48(56)60)28-13-9-6-10-14-28/h5-18,25-26,49-50H,19-24H2,1-4H3. The number of aromatic nitrogens is 4. The molecule has 0 radical (unpaired) electrons. The molecule has 0 spiro atoms. The number of methoxy groups -OCH3 is 2. The summed E-state index contributed by atoms with van der Waals surface area (Å²) >= 11 is 0. The fraction of sp³-hybridized carbons (Fsp3) is 0.208. The number of pyridine rings is 2. The minimum atomic E-state index is -0.429. The Morgan fingerprint density at radius 1 is 0.516 bits per heavy atom. The number of ether oxygens (including phenoxy) is 2. The second-order valence-electron chi connectivity index (χ2n) is 15.8. The van der Waals surface area contributed by atoms with Crippen LogP contribution in [0.1, 0.15) is 41.7 Å². The average molecular weight is 827 g/mol. The first kappa shape index (κ1) is 38.8. The zero-order chi connectivity index (χ0) is 42.8. The van der Waals surface area contributed by atoms with Crippen molar-refractivity contribution in [1.29, 1.82) is 0 Å². The van der Waals surface area contributed by atoms with Gasteiger partial charge in [-0.05, 0) is 50.5 Å². The SMILES string of the molecule is COc1ccc2[nH]c3c(-c4ccccc4)nc4c(c3c2c1)C(=O)N(CCN(C)CCN(C)CCN1C(=O)c2nc(-c3ccccc3)c3[nH]c5ccc(OC)cc5c3c2C1=O)C4=O. The summed E-state index contributed by atoms with van der Waals surface area (Å²) in [6.45, 7) is 2.39. The summed E-state index contributed by atoms with van der Waals surface area (Å²) in [6, 6.07) is 30.5. The van der Waals surface area contributed by atoms with Crippen LogP contribution in [0.15, 0.2) is 97.1 Å². The number of nitrogens with zero attached hydrogens (tertiary/aromatic N) is 6. The number of aromatic amines is 2. The number of H-pyrrole nitrogens is 2. The van der Waals surface area contributed by atoms with E-state index in [9.17, 15) is 19.2 Å². The van der Waals surface area contributed by atoms with Gasteiger partial charge in [-0.3, -0.25) is 29.0 Å². The van der Waals surface area contributed by atoms with Crippen molar-refractivity contribution in [2.24, 2.45) is 0 Å². The summed E-state index contributed by atoms with van der Waals surface area (Å²) in [7, 11) is 7.05. The van der Waals surface area contributed by atoms with Crippen molar-refractivity contribution in [2.75, 3.05) is 67.6 Å². The van der Waals surface area contributed by atoms with Gasteiger partial charge in [-0.15, -0.1) is 0 Å². The van der Waals surface area contributed by atoms with Crippen LogP contribution in [0.3, 0.4) is 0 Å². The Bertz CT molecular complexity index is 2930.